The fourth-order valence-corrected chi connectivity index (χ4v) is 3.25. The maximum absolute atomic E-state index is 6.17. The van der Waals surface area contributed by atoms with Crippen LogP contribution in [0.1, 0.15) is 5.56 Å². The van der Waals surface area contributed by atoms with Gasteiger partial charge in [0.25, 0.3) is 0 Å². The molecule has 2 N–H and O–H groups in total. The number of aromatic nitrogens is 3. The van der Waals surface area contributed by atoms with Crippen molar-refractivity contribution in [3.63, 3.8) is 0 Å². The molecule has 4 nitrogen and oxygen atoms in total. The van der Waals surface area contributed by atoms with Crippen molar-refractivity contribution in [2.24, 2.45) is 0 Å². The Labute approximate surface area is 148 Å². The molecule has 0 aliphatic carbocycles. The van der Waals surface area contributed by atoms with Crippen molar-refractivity contribution in [3.8, 4) is 22.3 Å². The van der Waals surface area contributed by atoms with Crippen molar-refractivity contribution in [2.75, 3.05) is 5.73 Å². The molecule has 2 aromatic heterocycles. The van der Waals surface area contributed by atoms with E-state index in [1.807, 2.05) is 36.7 Å². The molecule has 118 valence electrons. The number of nitrogen functional groups attached to an aromatic ring is 1. The number of hydrogen-bond donors (Lipinski definition) is 1. The second-order valence-electron chi connectivity index (χ2n) is 5.72. The third kappa shape index (κ3) is 2.47. The first kappa shape index (κ1) is 14.9. The SMILES string of the molecule is Cc1ccc(-c2cnc3c(-c4ccccc4Br)c(N)nn3c2)cc1. The smallest absolute Gasteiger partial charge is 0.165 e. The Morgan fingerprint density at radius 2 is 1.75 bits per heavy atom. The molecule has 2 heterocycles. The average Bonchev–Trinajstić information content (AvgIpc) is 2.91. The number of fused-ring (bicyclic) bond motifs is 1. The topological polar surface area (TPSA) is 56.2 Å². The molecule has 0 radical (unpaired) electrons. The van der Waals surface area contributed by atoms with Gasteiger partial charge in [-0.2, -0.15) is 0 Å². The van der Waals surface area contributed by atoms with E-state index in [0.717, 1.165) is 32.4 Å². The number of rotatable bonds is 2. The van der Waals surface area contributed by atoms with E-state index in [9.17, 15) is 0 Å². The van der Waals surface area contributed by atoms with E-state index in [2.05, 4.69) is 57.2 Å². The van der Waals surface area contributed by atoms with Crippen LogP contribution in [0.2, 0.25) is 0 Å². The normalized spacial score (nSPS) is 11.1. The summed E-state index contributed by atoms with van der Waals surface area (Å²) in [4.78, 5) is 4.62. The van der Waals surface area contributed by atoms with Gasteiger partial charge >= 0.3 is 0 Å². The molecule has 0 aliphatic rings. The van der Waals surface area contributed by atoms with Crippen molar-refractivity contribution in [3.05, 3.63) is 71.0 Å². The highest BCUT2D eigenvalue weighted by Gasteiger charge is 2.16. The number of nitrogens with two attached hydrogens (primary N) is 1. The zero-order valence-corrected chi connectivity index (χ0v) is 14.7. The lowest BCUT2D eigenvalue weighted by molar-refractivity contribution is 0.947. The standard InChI is InChI=1S/C19H15BrN4/c1-12-6-8-13(9-7-12)14-10-22-19-17(18(21)23-24(19)11-14)15-4-2-3-5-16(15)20/h2-11H,1H3,(H2,21,23). The van der Waals surface area contributed by atoms with E-state index in [4.69, 9.17) is 5.73 Å². The van der Waals surface area contributed by atoms with Gasteiger partial charge in [0.05, 0.1) is 5.56 Å². The van der Waals surface area contributed by atoms with E-state index in [0.29, 0.717) is 5.82 Å². The molecule has 0 fully saturated rings. The minimum absolute atomic E-state index is 0.468. The van der Waals surface area contributed by atoms with Crippen LogP contribution in [0.5, 0.6) is 0 Å². The first-order valence-corrected chi connectivity index (χ1v) is 8.38. The van der Waals surface area contributed by atoms with Gasteiger partial charge < -0.3 is 5.73 Å². The Kier molecular flexibility index (Phi) is 3.58. The van der Waals surface area contributed by atoms with Crippen molar-refractivity contribution in [1.29, 1.82) is 0 Å². The molecular formula is C19H15BrN4. The highest BCUT2D eigenvalue weighted by atomic mass is 79.9. The number of halogens is 1. The zero-order valence-electron chi connectivity index (χ0n) is 13.1. The van der Waals surface area contributed by atoms with E-state index in [-0.39, 0.29) is 0 Å². The summed E-state index contributed by atoms with van der Waals surface area (Å²) in [5.74, 6) is 0.468. The summed E-state index contributed by atoms with van der Waals surface area (Å²) >= 11 is 3.58. The molecule has 0 unspecified atom stereocenters. The molecule has 0 bridgehead atoms. The molecule has 0 aliphatic heterocycles. The monoisotopic (exact) mass is 378 g/mol. The maximum Gasteiger partial charge on any atom is 0.165 e. The van der Waals surface area contributed by atoms with Gasteiger partial charge in [-0.3, -0.25) is 0 Å². The van der Waals surface area contributed by atoms with Crippen LogP contribution in [0.4, 0.5) is 5.82 Å². The third-order valence-electron chi connectivity index (χ3n) is 4.03. The summed E-state index contributed by atoms with van der Waals surface area (Å²) < 4.78 is 2.72. The van der Waals surface area contributed by atoms with E-state index < -0.39 is 0 Å². The quantitative estimate of drug-likeness (QED) is 0.549. The molecule has 0 spiro atoms. The van der Waals surface area contributed by atoms with E-state index in [1.54, 1.807) is 4.52 Å². The molecule has 4 rings (SSSR count). The minimum Gasteiger partial charge on any atom is -0.382 e. The first-order chi connectivity index (χ1) is 11.6. The van der Waals surface area contributed by atoms with Gasteiger partial charge in [-0.15, -0.1) is 5.10 Å². The largest absolute Gasteiger partial charge is 0.382 e. The van der Waals surface area contributed by atoms with Gasteiger partial charge in [-0.1, -0.05) is 64.0 Å². The molecule has 0 amide bonds. The number of nitrogens with zero attached hydrogens (tertiary/aromatic N) is 3. The predicted octanol–water partition coefficient (Wildman–Crippen LogP) is 4.72. The number of aryl methyl sites for hydroxylation is 1. The van der Waals surface area contributed by atoms with Crippen molar-refractivity contribution in [2.45, 2.75) is 6.92 Å². The molecule has 0 saturated carbocycles. The van der Waals surface area contributed by atoms with E-state index >= 15 is 0 Å². The summed E-state index contributed by atoms with van der Waals surface area (Å²) in [6.07, 6.45) is 3.82. The molecule has 5 heteroatoms. The van der Waals surface area contributed by atoms with E-state index in [1.165, 1.54) is 5.56 Å². The van der Waals surface area contributed by atoms with Crippen LogP contribution in [-0.4, -0.2) is 14.6 Å². The van der Waals surface area contributed by atoms with Gasteiger partial charge in [0.1, 0.15) is 0 Å². The average molecular weight is 379 g/mol. The Hall–Kier alpha value is -2.66. The highest BCUT2D eigenvalue weighted by Crippen LogP contribution is 2.35. The summed E-state index contributed by atoms with van der Waals surface area (Å²) in [6, 6.07) is 16.3. The second-order valence-corrected chi connectivity index (χ2v) is 6.57. The lowest BCUT2D eigenvalue weighted by Gasteiger charge is -2.05. The van der Waals surface area contributed by atoms with Crippen LogP contribution in [-0.2, 0) is 0 Å². The predicted molar refractivity (Wildman–Crippen MR) is 101 cm³/mol. The van der Waals surface area contributed by atoms with Crippen LogP contribution in [0.3, 0.4) is 0 Å². The van der Waals surface area contributed by atoms with Gasteiger partial charge in [0.2, 0.25) is 0 Å². The fourth-order valence-electron chi connectivity index (χ4n) is 2.77. The van der Waals surface area contributed by atoms with Crippen LogP contribution in [0, 0.1) is 6.92 Å². The summed E-state index contributed by atoms with van der Waals surface area (Å²) in [5.41, 5.74) is 12.1. The van der Waals surface area contributed by atoms with Crippen molar-refractivity contribution >= 4 is 27.4 Å². The van der Waals surface area contributed by atoms with Crippen molar-refractivity contribution < 1.29 is 0 Å². The molecule has 0 atom stereocenters. The van der Waals surface area contributed by atoms with Gasteiger partial charge in [0.15, 0.2) is 11.5 Å². The highest BCUT2D eigenvalue weighted by molar-refractivity contribution is 9.10. The van der Waals surface area contributed by atoms with Gasteiger partial charge in [-0.05, 0) is 18.6 Å². The van der Waals surface area contributed by atoms with Crippen LogP contribution in [0.15, 0.2) is 65.4 Å². The van der Waals surface area contributed by atoms with Crippen LogP contribution < -0.4 is 5.73 Å². The van der Waals surface area contributed by atoms with Gasteiger partial charge in [0, 0.05) is 28.0 Å². The number of benzene rings is 2. The number of anilines is 1. The molecule has 24 heavy (non-hydrogen) atoms. The summed E-state index contributed by atoms with van der Waals surface area (Å²) in [6.45, 7) is 2.07. The molecular weight excluding hydrogens is 364 g/mol. The molecule has 4 aromatic rings. The zero-order chi connectivity index (χ0) is 16.7. The van der Waals surface area contributed by atoms with Crippen LogP contribution >= 0.6 is 15.9 Å². The molecule has 0 saturated heterocycles. The Morgan fingerprint density at radius 3 is 2.50 bits per heavy atom. The first-order valence-electron chi connectivity index (χ1n) is 7.59. The lowest BCUT2D eigenvalue weighted by atomic mass is 10.1. The minimum atomic E-state index is 0.468. The fraction of sp³-hybridized carbons (Fsp3) is 0.0526. The number of hydrogen-bond acceptors (Lipinski definition) is 3. The third-order valence-corrected chi connectivity index (χ3v) is 4.72. The van der Waals surface area contributed by atoms with Crippen LogP contribution in [0.25, 0.3) is 27.9 Å². The Balaban J connectivity index is 1.89. The molecule has 2 aromatic carbocycles. The van der Waals surface area contributed by atoms with Crippen molar-refractivity contribution in [1.82, 2.24) is 14.6 Å². The maximum atomic E-state index is 6.17. The lowest BCUT2D eigenvalue weighted by Crippen LogP contribution is -1.92. The van der Waals surface area contributed by atoms with Gasteiger partial charge in [-0.25, -0.2) is 9.50 Å². The Morgan fingerprint density at radius 1 is 1.00 bits per heavy atom. The Bertz CT molecular complexity index is 1040. The summed E-state index contributed by atoms with van der Waals surface area (Å²) in [7, 11) is 0. The second kappa shape index (κ2) is 5.76. The summed E-state index contributed by atoms with van der Waals surface area (Å²) in [5, 5.41) is 4.45.